The van der Waals surface area contributed by atoms with Crippen LogP contribution in [-0.2, 0) is 0 Å². The maximum atomic E-state index is 8.89. The van der Waals surface area contributed by atoms with Crippen LogP contribution in [0.4, 0.5) is 0 Å². The summed E-state index contributed by atoms with van der Waals surface area (Å²) in [6.07, 6.45) is 0. The second-order valence-corrected chi connectivity index (χ2v) is 2.92. The molecule has 0 spiro atoms. The van der Waals surface area contributed by atoms with Crippen LogP contribution < -0.4 is 0 Å². The van der Waals surface area contributed by atoms with Crippen LogP contribution in [0.5, 0.6) is 5.75 Å². The van der Waals surface area contributed by atoms with Crippen molar-refractivity contribution in [2.45, 2.75) is 0 Å². The number of phenols is 1. The van der Waals surface area contributed by atoms with Gasteiger partial charge in [0.15, 0.2) is 0 Å². The third kappa shape index (κ3) is 3.22. The Morgan fingerprint density at radius 3 is 2.40 bits per heavy atom. The molecule has 0 heterocycles. The van der Waals surface area contributed by atoms with Gasteiger partial charge in [-0.3, -0.25) is 0 Å². The summed E-state index contributed by atoms with van der Waals surface area (Å²) in [6.45, 7) is 0. The smallest absolute Gasteiger partial charge is 0.134 e. The molecule has 1 nitrogen and oxygen atoms in total. The second-order valence-electron chi connectivity index (χ2n) is 1.60. The molecule has 1 radical (unpaired) electrons. The van der Waals surface area contributed by atoms with Crippen LogP contribution in [0.15, 0.2) is 22.7 Å². The van der Waals surface area contributed by atoms with Crippen molar-refractivity contribution in [2.24, 2.45) is 0 Å². The van der Waals surface area contributed by atoms with E-state index in [2.05, 4.69) is 15.9 Å². The molecule has 1 N–H and O–H groups in total. The molecule has 1 aromatic rings. The quantitative estimate of drug-likeness (QED) is 0.697. The van der Waals surface area contributed by atoms with Crippen LogP contribution in [0.1, 0.15) is 0 Å². The summed E-state index contributed by atoms with van der Waals surface area (Å²) in [5.74, 6) is 0.111. The molecular formula is C6H4BrClKO. The Morgan fingerprint density at radius 2 is 2.00 bits per heavy atom. The molecule has 1 aromatic carbocycles. The minimum absolute atomic E-state index is 0. The molecule has 0 aliphatic heterocycles. The molecule has 0 bridgehead atoms. The Labute approximate surface area is 115 Å². The van der Waals surface area contributed by atoms with Crippen LogP contribution >= 0.6 is 27.5 Å². The van der Waals surface area contributed by atoms with Crippen molar-refractivity contribution < 1.29 is 5.11 Å². The molecule has 0 saturated heterocycles. The first-order valence-electron chi connectivity index (χ1n) is 2.34. The summed E-state index contributed by atoms with van der Waals surface area (Å²) in [4.78, 5) is 0. The van der Waals surface area contributed by atoms with E-state index in [-0.39, 0.29) is 57.1 Å². The first kappa shape index (κ1) is 11.4. The third-order valence-electron chi connectivity index (χ3n) is 0.910. The van der Waals surface area contributed by atoms with E-state index in [9.17, 15) is 0 Å². The molecule has 0 aromatic heterocycles. The summed E-state index contributed by atoms with van der Waals surface area (Å²) < 4.78 is 0.866. The maximum absolute atomic E-state index is 8.89. The van der Waals surface area contributed by atoms with Gasteiger partial charge in [-0.1, -0.05) is 27.5 Å². The van der Waals surface area contributed by atoms with E-state index in [1.54, 1.807) is 12.1 Å². The van der Waals surface area contributed by atoms with E-state index in [0.717, 1.165) is 4.47 Å². The topological polar surface area (TPSA) is 20.2 Å². The average Bonchev–Trinajstić information content (AvgIpc) is 1.80. The van der Waals surface area contributed by atoms with E-state index in [1.165, 1.54) is 6.07 Å². The van der Waals surface area contributed by atoms with Gasteiger partial charge in [0, 0.05) is 55.9 Å². The molecule has 0 amide bonds. The fourth-order valence-electron chi connectivity index (χ4n) is 0.481. The van der Waals surface area contributed by atoms with Crippen molar-refractivity contribution in [2.75, 3.05) is 0 Å². The first-order chi connectivity index (χ1) is 4.20. The zero-order chi connectivity index (χ0) is 6.85. The van der Waals surface area contributed by atoms with Gasteiger partial charge in [-0.15, -0.1) is 0 Å². The van der Waals surface area contributed by atoms with Crippen molar-refractivity contribution >= 4 is 78.9 Å². The van der Waals surface area contributed by atoms with Crippen molar-refractivity contribution in [1.29, 1.82) is 0 Å². The summed E-state index contributed by atoms with van der Waals surface area (Å²) >= 11 is 8.73. The predicted molar refractivity (Wildman–Crippen MR) is 46.6 cm³/mol. The van der Waals surface area contributed by atoms with Crippen molar-refractivity contribution in [1.82, 2.24) is 0 Å². The van der Waals surface area contributed by atoms with Crippen LogP contribution in [-0.4, -0.2) is 56.5 Å². The summed E-state index contributed by atoms with van der Waals surface area (Å²) in [7, 11) is 0. The van der Waals surface area contributed by atoms with Gasteiger partial charge in [0.05, 0.1) is 5.02 Å². The predicted octanol–water partition coefficient (Wildman–Crippen LogP) is 2.43. The van der Waals surface area contributed by atoms with Crippen LogP contribution in [0.25, 0.3) is 0 Å². The van der Waals surface area contributed by atoms with Gasteiger partial charge < -0.3 is 5.11 Å². The molecule has 4 heteroatoms. The zero-order valence-corrected chi connectivity index (χ0v) is 10.9. The number of halogens is 2. The molecule has 0 fully saturated rings. The molecule has 1 rings (SSSR count). The number of hydrogen-bond donors (Lipinski definition) is 1. The number of aromatic hydroxyl groups is 1. The van der Waals surface area contributed by atoms with Crippen molar-refractivity contribution in [3.05, 3.63) is 27.7 Å². The van der Waals surface area contributed by atoms with Gasteiger partial charge in [0.2, 0.25) is 0 Å². The number of hydrogen-bond acceptors (Lipinski definition) is 1. The van der Waals surface area contributed by atoms with Gasteiger partial charge in [-0.2, -0.15) is 0 Å². The molecule has 0 aliphatic rings. The Hall–Kier alpha value is 1.43. The largest absolute Gasteiger partial charge is 0.506 e. The summed E-state index contributed by atoms with van der Waals surface area (Å²) in [5.41, 5.74) is 0. The molecule has 0 unspecified atom stereocenters. The van der Waals surface area contributed by atoms with Gasteiger partial charge in [0.25, 0.3) is 0 Å². The molecule has 0 aliphatic carbocycles. The minimum Gasteiger partial charge on any atom is -0.506 e. The van der Waals surface area contributed by atoms with E-state index >= 15 is 0 Å². The summed E-state index contributed by atoms with van der Waals surface area (Å²) in [6, 6.07) is 4.89. The molecule has 10 heavy (non-hydrogen) atoms. The van der Waals surface area contributed by atoms with Crippen LogP contribution in [0, 0.1) is 0 Å². The van der Waals surface area contributed by atoms with Crippen molar-refractivity contribution in [3.8, 4) is 5.75 Å². The molecule has 0 atom stereocenters. The molecule has 49 valence electrons. The SMILES string of the molecule is Oc1ccc(Br)cc1Cl.[K]. The average molecular weight is 247 g/mol. The van der Waals surface area contributed by atoms with Gasteiger partial charge in [0.1, 0.15) is 5.75 Å². The Balaban J connectivity index is 0.000000810. The third-order valence-corrected chi connectivity index (χ3v) is 1.71. The maximum Gasteiger partial charge on any atom is 0.134 e. The van der Waals surface area contributed by atoms with Crippen molar-refractivity contribution in [3.63, 3.8) is 0 Å². The molecule has 0 saturated carbocycles. The van der Waals surface area contributed by atoms with E-state index in [1.807, 2.05) is 0 Å². The Bertz CT molecular complexity index is 229. The molecular weight excluding hydrogens is 243 g/mol. The van der Waals surface area contributed by atoms with Gasteiger partial charge in [-0.05, 0) is 18.2 Å². The standard InChI is InChI=1S/C6H4BrClO.K/c7-4-1-2-6(9)5(8)3-4;/h1-3,9H;. The van der Waals surface area contributed by atoms with Crippen LogP contribution in [0.3, 0.4) is 0 Å². The fourth-order valence-corrected chi connectivity index (χ4v) is 1.15. The first-order valence-corrected chi connectivity index (χ1v) is 3.51. The fraction of sp³-hybridized carbons (Fsp3) is 0. The van der Waals surface area contributed by atoms with E-state index < -0.39 is 0 Å². The second kappa shape index (κ2) is 5.14. The Morgan fingerprint density at radius 1 is 1.40 bits per heavy atom. The van der Waals surface area contributed by atoms with Gasteiger partial charge >= 0.3 is 0 Å². The van der Waals surface area contributed by atoms with Gasteiger partial charge in [-0.25, -0.2) is 0 Å². The van der Waals surface area contributed by atoms with E-state index in [0.29, 0.717) is 5.02 Å². The summed E-state index contributed by atoms with van der Waals surface area (Å²) in [5, 5.41) is 9.26. The minimum atomic E-state index is 0. The monoisotopic (exact) mass is 245 g/mol. The van der Waals surface area contributed by atoms with E-state index in [4.69, 9.17) is 16.7 Å². The Kier molecular flexibility index (Phi) is 5.87. The number of phenolic OH excluding ortho intramolecular Hbond substituents is 1. The normalized spacial score (nSPS) is 8.60. The van der Waals surface area contributed by atoms with Crippen LogP contribution in [0.2, 0.25) is 5.02 Å². The number of rotatable bonds is 0. The number of benzene rings is 1. The zero-order valence-electron chi connectivity index (χ0n) is 5.44.